The summed E-state index contributed by atoms with van der Waals surface area (Å²) in [7, 11) is 0. The molecular weight excluding hydrogens is 566 g/mol. The molecule has 0 radical (unpaired) electrons. The fourth-order valence-corrected chi connectivity index (χ4v) is 9.99. The molecule has 0 unspecified atom stereocenters. The molecule has 0 nitrogen and oxygen atoms in total. The normalized spacial score (nSPS) is 13.5. The quantitative estimate of drug-likeness (QED) is 0.153. The van der Waals surface area contributed by atoms with Gasteiger partial charge in [-0.15, -0.1) is 0 Å². The molecule has 44 heavy (non-hydrogen) atoms. The molecule has 2 aromatic carbocycles. The second kappa shape index (κ2) is 12.6. The minimum atomic E-state index is 0.280. The lowest BCUT2D eigenvalue weighted by atomic mass is 9.23. The minimum absolute atomic E-state index is 0.280. The van der Waals surface area contributed by atoms with Gasteiger partial charge in [-0.05, 0) is 92.3 Å². The molecule has 0 saturated carbocycles. The lowest BCUT2D eigenvalue weighted by Crippen LogP contribution is -2.74. The molecule has 0 aliphatic carbocycles. The highest BCUT2D eigenvalue weighted by molar-refractivity contribution is 7.39. The van der Waals surface area contributed by atoms with Crippen molar-refractivity contribution in [3.8, 4) is 0 Å². The molecule has 0 amide bonds. The molecule has 232 valence electrons. The van der Waals surface area contributed by atoms with E-state index in [4.69, 9.17) is 0 Å². The maximum absolute atomic E-state index is 2.56. The van der Waals surface area contributed by atoms with Gasteiger partial charge in [0.15, 0.2) is 0 Å². The zero-order valence-electron chi connectivity index (χ0n) is 29.9. The average molecular weight is 621 g/mol. The Morgan fingerprint density at radius 3 is 0.977 bits per heavy atom. The number of hydrogen-bond donors (Lipinski definition) is 0. The largest absolute Gasteiger partial charge is 0.265 e. The number of rotatable bonds is 8. The van der Waals surface area contributed by atoms with Gasteiger partial charge in [-0.3, -0.25) is 0 Å². The lowest BCUT2D eigenvalue weighted by molar-refractivity contribution is 0.812. The number of hydrogen-bond acceptors (Lipinski definition) is 2. The summed E-state index contributed by atoms with van der Waals surface area (Å²) >= 11 is 4.12. The van der Waals surface area contributed by atoms with Gasteiger partial charge in [0.1, 0.15) is 0 Å². The maximum Gasteiger partial charge on any atom is 0.265 e. The summed E-state index contributed by atoms with van der Waals surface area (Å²) in [6.45, 7) is 33.8. The first-order chi connectivity index (χ1) is 20.6. The van der Waals surface area contributed by atoms with Gasteiger partial charge < -0.3 is 0 Å². The van der Waals surface area contributed by atoms with Gasteiger partial charge in [-0.25, -0.2) is 0 Å². The van der Waals surface area contributed by atoms with Crippen LogP contribution in [0.15, 0.2) is 36.4 Å². The van der Waals surface area contributed by atoms with Crippen molar-refractivity contribution in [1.82, 2.24) is 0 Å². The van der Waals surface area contributed by atoms with Crippen LogP contribution in [0, 0.1) is 13.8 Å². The van der Waals surface area contributed by atoms with Crippen LogP contribution in [-0.2, 0) is 0 Å². The molecule has 0 fully saturated rings. The van der Waals surface area contributed by atoms with E-state index in [1.165, 1.54) is 20.9 Å². The predicted molar refractivity (Wildman–Crippen MR) is 205 cm³/mol. The summed E-state index contributed by atoms with van der Waals surface area (Å²) in [5.74, 6) is 2.91. The molecule has 4 heteroatoms. The molecule has 0 N–H and O–H groups in total. The van der Waals surface area contributed by atoms with Gasteiger partial charge in [-0.2, -0.15) is 22.7 Å². The van der Waals surface area contributed by atoms with E-state index in [-0.39, 0.29) is 6.71 Å². The molecule has 5 rings (SSSR count). The van der Waals surface area contributed by atoms with Crippen LogP contribution in [0.5, 0.6) is 0 Å². The fraction of sp³-hybridized carbons (Fsp3) is 0.500. The Hall–Kier alpha value is -2.03. The Balaban J connectivity index is 1.89. The molecule has 0 atom stereocenters. The number of benzene rings is 2. The fourth-order valence-electron chi connectivity index (χ4n) is 7.56. The summed E-state index contributed by atoms with van der Waals surface area (Å²) < 4.78 is 3.17. The predicted octanol–water partition coefficient (Wildman–Crippen LogP) is 8.51. The number of aryl methyl sites for hydroxylation is 2. The van der Waals surface area contributed by atoms with E-state index in [0.29, 0.717) is 42.2 Å². The maximum atomic E-state index is 2.56. The Bertz CT molecular complexity index is 1440. The smallest absolute Gasteiger partial charge is 0.155 e. The molecule has 3 heterocycles. The first-order valence-electron chi connectivity index (χ1n) is 17.2. The van der Waals surface area contributed by atoms with Gasteiger partial charge >= 0.3 is 0 Å². The number of fused-ring (bicyclic) bond motifs is 2. The van der Waals surface area contributed by atoms with Crippen molar-refractivity contribution >= 4 is 67.5 Å². The molecule has 0 saturated heterocycles. The topological polar surface area (TPSA) is 0 Å². The Kier molecular flexibility index (Phi) is 9.57. The van der Waals surface area contributed by atoms with Crippen LogP contribution >= 0.6 is 22.7 Å². The van der Waals surface area contributed by atoms with Gasteiger partial charge in [0.25, 0.3) is 6.71 Å². The average Bonchev–Trinajstić information content (AvgIpc) is 3.51. The van der Waals surface area contributed by atoms with E-state index in [0.717, 1.165) is 0 Å². The van der Waals surface area contributed by atoms with Gasteiger partial charge in [0.05, 0.1) is 0 Å². The first kappa shape index (κ1) is 33.3. The lowest BCUT2D eigenvalue weighted by Gasteiger charge is -2.34. The molecule has 4 aromatic rings. The van der Waals surface area contributed by atoms with Crippen LogP contribution in [0.4, 0.5) is 0 Å². The third-order valence-corrected chi connectivity index (χ3v) is 12.2. The second-order valence-electron chi connectivity index (χ2n) is 15.4. The third-order valence-electron chi connectivity index (χ3n) is 9.91. The summed E-state index contributed by atoms with van der Waals surface area (Å²) in [5, 5.41) is 0. The van der Waals surface area contributed by atoms with E-state index >= 15 is 0 Å². The van der Waals surface area contributed by atoms with Crippen LogP contribution in [0.25, 0.3) is 0 Å². The third kappa shape index (κ3) is 5.84. The standard InChI is InChI=1S/C40H54B2S2/c1-21(2)29-17-31(23(5)6)37(32(18-29)24(7)8)41-35-15-27(13)43-39(35)42(40-36(41)16-28(14)44-40)38-33(25(9)10)19-30(22(3)4)20-34(38)26(11)12/h15-26H,1-14H3. The molecule has 0 bridgehead atoms. The van der Waals surface area contributed by atoms with Gasteiger partial charge in [-0.1, -0.05) is 141 Å². The first-order valence-corrected chi connectivity index (χ1v) is 18.8. The second-order valence-corrected chi connectivity index (χ2v) is 17.9. The van der Waals surface area contributed by atoms with E-state index in [9.17, 15) is 0 Å². The highest BCUT2D eigenvalue weighted by Crippen LogP contribution is 2.30. The van der Waals surface area contributed by atoms with E-state index < -0.39 is 0 Å². The Morgan fingerprint density at radius 1 is 0.409 bits per heavy atom. The van der Waals surface area contributed by atoms with Crippen molar-refractivity contribution in [2.24, 2.45) is 0 Å². The monoisotopic (exact) mass is 620 g/mol. The van der Waals surface area contributed by atoms with Crippen molar-refractivity contribution in [3.63, 3.8) is 0 Å². The molecule has 1 aliphatic heterocycles. The van der Waals surface area contributed by atoms with E-state index in [2.05, 4.69) is 156 Å². The zero-order valence-corrected chi connectivity index (χ0v) is 31.5. The highest BCUT2D eigenvalue weighted by atomic mass is 32.1. The van der Waals surface area contributed by atoms with Crippen molar-refractivity contribution in [3.05, 3.63) is 79.5 Å². The molecule has 0 spiro atoms. The molecule has 2 aromatic heterocycles. The van der Waals surface area contributed by atoms with Crippen molar-refractivity contribution < 1.29 is 0 Å². The number of thiophene rings is 2. The van der Waals surface area contributed by atoms with Crippen LogP contribution in [0.2, 0.25) is 0 Å². The Labute approximate surface area is 278 Å². The Morgan fingerprint density at radius 2 is 0.705 bits per heavy atom. The van der Waals surface area contributed by atoms with Crippen LogP contribution in [-0.4, -0.2) is 13.4 Å². The van der Waals surface area contributed by atoms with Crippen molar-refractivity contribution in [2.45, 2.75) is 132 Å². The van der Waals surface area contributed by atoms with Crippen molar-refractivity contribution in [1.29, 1.82) is 0 Å². The van der Waals surface area contributed by atoms with Crippen LogP contribution in [0.3, 0.4) is 0 Å². The van der Waals surface area contributed by atoms with Crippen LogP contribution < -0.4 is 31.4 Å². The van der Waals surface area contributed by atoms with Gasteiger partial charge in [0.2, 0.25) is 6.71 Å². The summed E-state index contributed by atoms with van der Waals surface area (Å²) in [4.78, 5) is 2.87. The zero-order chi connectivity index (χ0) is 32.4. The summed E-state index contributed by atoms with van der Waals surface area (Å²) in [6, 6.07) is 15.3. The highest BCUT2D eigenvalue weighted by Gasteiger charge is 2.45. The minimum Gasteiger partial charge on any atom is -0.155 e. The molecular formula is C40H54B2S2. The van der Waals surface area contributed by atoms with Gasteiger partial charge in [0, 0.05) is 9.75 Å². The summed E-state index contributed by atoms with van der Waals surface area (Å²) in [5.41, 5.74) is 15.4. The SMILES string of the molecule is Cc1cc2c(s1)B(c1c(C(C)C)cc(C(C)C)cc1C(C)C)c1sc(C)cc1B2c1c(C(C)C)cc(C(C)C)cc1C(C)C. The van der Waals surface area contributed by atoms with E-state index in [1.54, 1.807) is 53.7 Å². The summed E-state index contributed by atoms with van der Waals surface area (Å²) in [6.07, 6.45) is 0. The van der Waals surface area contributed by atoms with E-state index in [1.807, 2.05) is 0 Å². The van der Waals surface area contributed by atoms with Crippen LogP contribution in [0.1, 0.15) is 162 Å². The van der Waals surface area contributed by atoms with Crippen molar-refractivity contribution in [2.75, 3.05) is 0 Å². The molecule has 1 aliphatic rings.